The molecule has 0 saturated carbocycles. The van der Waals surface area contributed by atoms with E-state index in [1.54, 1.807) is 0 Å². The first-order valence-corrected chi connectivity index (χ1v) is 12.2. The zero-order valence-electron chi connectivity index (χ0n) is 19.2. The van der Waals surface area contributed by atoms with Crippen LogP contribution in [0.3, 0.4) is 0 Å². The molecule has 0 radical (unpaired) electrons. The Morgan fingerprint density at radius 2 is 1.86 bits per heavy atom. The summed E-state index contributed by atoms with van der Waals surface area (Å²) in [6.07, 6.45) is 2.09. The van der Waals surface area contributed by atoms with Crippen molar-refractivity contribution in [3.8, 4) is 28.4 Å². The highest BCUT2D eigenvalue weighted by molar-refractivity contribution is 6.34. The Morgan fingerprint density at radius 1 is 1.08 bits per heavy atom. The topological polar surface area (TPSA) is 82.8 Å². The molecule has 3 N–H and O–H groups in total. The molecule has 0 aromatic heterocycles. The normalized spacial score (nSPS) is 22.2. The SMILES string of the molecule is NC(=O)c1cc2c(c(F)c1-c1c(Cl)c(F)cc3c1C[C@](c1ccccc1)(C1CCCN1)O3)OCCO2. The highest BCUT2D eigenvalue weighted by Crippen LogP contribution is 2.53. The van der Waals surface area contributed by atoms with Crippen LogP contribution in [0, 0.1) is 11.6 Å². The Kier molecular flexibility index (Phi) is 5.53. The summed E-state index contributed by atoms with van der Waals surface area (Å²) in [5.74, 6) is -2.44. The van der Waals surface area contributed by atoms with Crippen LogP contribution in [-0.4, -0.2) is 31.7 Å². The predicted octanol–water partition coefficient (Wildman–Crippen LogP) is 4.74. The zero-order chi connectivity index (χ0) is 25.0. The summed E-state index contributed by atoms with van der Waals surface area (Å²) in [5, 5.41) is 3.19. The number of carbonyl (C=O) groups excluding carboxylic acids is 1. The van der Waals surface area contributed by atoms with Crippen molar-refractivity contribution in [2.24, 2.45) is 5.73 Å². The second-order valence-corrected chi connectivity index (χ2v) is 9.59. The third kappa shape index (κ3) is 3.43. The maximum atomic E-state index is 16.0. The fourth-order valence-corrected chi connectivity index (χ4v) is 5.87. The van der Waals surface area contributed by atoms with E-state index in [4.69, 9.17) is 31.5 Å². The van der Waals surface area contributed by atoms with Gasteiger partial charge in [-0.1, -0.05) is 41.9 Å². The third-order valence-electron chi connectivity index (χ3n) is 7.19. The third-order valence-corrected chi connectivity index (χ3v) is 7.56. The average Bonchev–Trinajstić information content (AvgIpc) is 3.55. The van der Waals surface area contributed by atoms with Gasteiger partial charge in [0.25, 0.3) is 0 Å². The Morgan fingerprint density at radius 3 is 2.58 bits per heavy atom. The molecule has 0 bridgehead atoms. The number of nitrogens with one attached hydrogen (secondary N) is 1. The molecule has 3 heterocycles. The average molecular weight is 513 g/mol. The van der Waals surface area contributed by atoms with Crippen LogP contribution in [0.15, 0.2) is 42.5 Å². The maximum Gasteiger partial charge on any atom is 0.249 e. The maximum absolute atomic E-state index is 16.0. The van der Waals surface area contributed by atoms with Crippen molar-refractivity contribution in [3.05, 3.63) is 75.8 Å². The summed E-state index contributed by atoms with van der Waals surface area (Å²) in [4.78, 5) is 12.5. The van der Waals surface area contributed by atoms with E-state index in [9.17, 15) is 4.79 Å². The minimum atomic E-state index is -0.902. The molecule has 3 aromatic carbocycles. The van der Waals surface area contributed by atoms with Gasteiger partial charge in [-0.05, 0) is 31.0 Å². The Balaban J connectivity index is 1.60. The highest BCUT2D eigenvalue weighted by atomic mass is 35.5. The van der Waals surface area contributed by atoms with Crippen LogP contribution in [0.25, 0.3) is 11.1 Å². The van der Waals surface area contributed by atoms with Crippen molar-refractivity contribution in [1.29, 1.82) is 0 Å². The van der Waals surface area contributed by atoms with E-state index >= 15 is 8.78 Å². The molecule has 9 heteroatoms. The van der Waals surface area contributed by atoms with Crippen LogP contribution in [0.2, 0.25) is 5.02 Å². The Labute approximate surface area is 211 Å². The number of hydrogen-bond donors (Lipinski definition) is 2. The Bertz CT molecular complexity index is 1380. The van der Waals surface area contributed by atoms with Gasteiger partial charge >= 0.3 is 0 Å². The summed E-state index contributed by atoms with van der Waals surface area (Å²) in [6.45, 7) is 1.15. The van der Waals surface area contributed by atoms with Gasteiger partial charge in [0.15, 0.2) is 22.9 Å². The molecular weight excluding hydrogens is 490 g/mol. The van der Waals surface area contributed by atoms with Gasteiger partial charge in [-0.15, -0.1) is 0 Å². The van der Waals surface area contributed by atoms with E-state index in [0.717, 1.165) is 24.9 Å². The van der Waals surface area contributed by atoms with Crippen LogP contribution < -0.4 is 25.3 Å². The van der Waals surface area contributed by atoms with Crippen molar-refractivity contribution >= 4 is 17.5 Å². The van der Waals surface area contributed by atoms with Crippen molar-refractivity contribution in [2.45, 2.75) is 30.9 Å². The molecule has 3 aliphatic rings. The molecule has 1 unspecified atom stereocenters. The molecule has 1 fully saturated rings. The molecule has 36 heavy (non-hydrogen) atoms. The van der Waals surface area contributed by atoms with Gasteiger partial charge in [0, 0.05) is 29.2 Å². The predicted molar refractivity (Wildman–Crippen MR) is 130 cm³/mol. The smallest absolute Gasteiger partial charge is 0.249 e. The number of halogens is 3. The largest absolute Gasteiger partial charge is 0.486 e. The molecule has 2 atom stereocenters. The number of carbonyl (C=O) groups is 1. The number of nitrogens with two attached hydrogens (primary N) is 1. The summed E-state index contributed by atoms with van der Waals surface area (Å²) in [7, 11) is 0. The van der Waals surface area contributed by atoms with E-state index in [2.05, 4.69) is 5.32 Å². The molecule has 6 rings (SSSR count). The van der Waals surface area contributed by atoms with Crippen LogP contribution in [0.4, 0.5) is 8.78 Å². The van der Waals surface area contributed by atoms with Crippen molar-refractivity contribution in [1.82, 2.24) is 5.32 Å². The number of hydrogen-bond acceptors (Lipinski definition) is 5. The van der Waals surface area contributed by atoms with Gasteiger partial charge in [-0.25, -0.2) is 8.78 Å². The van der Waals surface area contributed by atoms with Gasteiger partial charge in [-0.3, -0.25) is 4.79 Å². The molecule has 1 amide bonds. The first kappa shape index (κ1) is 23.1. The van der Waals surface area contributed by atoms with Gasteiger partial charge in [0.05, 0.1) is 16.6 Å². The van der Waals surface area contributed by atoms with Crippen molar-refractivity contribution < 1.29 is 27.8 Å². The number of fused-ring (bicyclic) bond motifs is 2. The van der Waals surface area contributed by atoms with Gasteiger partial charge < -0.3 is 25.3 Å². The minimum absolute atomic E-state index is 0.0331. The molecule has 3 aliphatic heterocycles. The van der Waals surface area contributed by atoms with Gasteiger partial charge in [0.2, 0.25) is 5.91 Å². The number of rotatable bonds is 4. The number of primary amides is 1. The monoisotopic (exact) mass is 512 g/mol. The van der Waals surface area contributed by atoms with E-state index in [0.29, 0.717) is 5.56 Å². The Hall–Kier alpha value is -3.36. The molecule has 0 spiro atoms. The second kappa shape index (κ2) is 8.64. The molecule has 186 valence electrons. The molecule has 6 nitrogen and oxygen atoms in total. The van der Waals surface area contributed by atoms with E-state index in [-0.39, 0.29) is 64.6 Å². The lowest BCUT2D eigenvalue weighted by Gasteiger charge is -2.35. The standard InChI is InChI=1S/C27H23ClF2N2O4/c28-23-17(29)12-18-16(13-27(36-18,20-7-4-8-32-20)14-5-2-1-3-6-14)21(23)22-15(26(31)33)11-19-25(24(22)30)35-10-9-34-19/h1-3,5-6,11-12,20,32H,4,7-10,13H2,(H2,31,33)/t20?,27-/m0/s1. The first-order valence-electron chi connectivity index (χ1n) is 11.8. The summed E-state index contributed by atoms with van der Waals surface area (Å²) < 4.78 is 48.8. The molecule has 3 aromatic rings. The second-order valence-electron chi connectivity index (χ2n) is 9.21. The lowest BCUT2D eigenvalue weighted by atomic mass is 9.80. The lowest BCUT2D eigenvalue weighted by Crippen LogP contribution is -2.48. The lowest BCUT2D eigenvalue weighted by molar-refractivity contribution is 0.0539. The van der Waals surface area contributed by atoms with Gasteiger partial charge in [0.1, 0.15) is 24.8 Å². The molecule has 1 saturated heterocycles. The number of amides is 1. The molecule has 0 aliphatic carbocycles. The van der Waals surface area contributed by atoms with Crippen molar-refractivity contribution in [3.63, 3.8) is 0 Å². The van der Waals surface area contributed by atoms with Crippen LogP contribution in [0.1, 0.15) is 34.3 Å². The van der Waals surface area contributed by atoms with Gasteiger partial charge in [-0.2, -0.15) is 0 Å². The zero-order valence-corrected chi connectivity index (χ0v) is 20.0. The number of ether oxygens (including phenoxy) is 3. The van der Waals surface area contributed by atoms with E-state index in [1.165, 1.54) is 12.1 Å². The summed E-state index contributed by atoms with van der Waals surface area (Å²) >= 11 is 6.51. The fraction of sp³-hybridized carbons (Fsp3) is 0.296. The quantitative estimate of drug-likeness (QED) is 0.528. The van der Waals surface area contributed by atoms with E-state index in [1.807, 2.05) is 30.3 Å². The fourth-order valence-electron chi connectivity index (χ4n) is 5.61. The first-order chi connectivity index (χ1) is 17.4. The minimum Gasteiger partial charge on any atom is -0.486 e. The molecular formula is C27H23ClF2N2O4. The van der Waals surface area contributed by atoms with Crippen LogP contribution in [-0.2, 0) is 12.0 Å². The number of benzene rings is 3. The summed E-state index contributed by atoms with van der Waals surface area (Å²) in [5.41, 5.74) is 5.81. The van der Waals surface area contributed by atoms with E-state index < -0.39 is 23.1 Å². The van der Waals surface area contributed by atoms with Crippen LogP contribution in [0.5, 0.6) is 17.2 Å². The summed E-state index contributed by atoms with van der Waals surface area (Å²) in [6, 6.07) is 12.1. The highest BCUT2D eigenvalue weighted by Gasteiger charge is 2.50. The van der Waals surface area contributed by atoms with Crippen LogP contribution >= 0.6 is 11.6 Å². The van der Waals surface area contributed by atoms with Crippen molar-refractivity contribution in [2.75, 3.05) is 19.8 Å².